The molecular weight excluding hydrogens is 258 g/mol. The Hall–Kier alpha value is -2.89. The molecule has 3 N–H and O–H groups in total. The van der Waals surface area contributed by atoms with Crippen LogP contribution in [0.1, 0.15) is 11.1 Å². The number of nitrogens with one attached hydrogen (secondary N) is 1. The SMILES string of the molecule is Cc1c(Oc2ccccc2C(=N)N)cccc1[N+](=O)[O-]. The molecule has 0 spiro atoms. The Morgan fingerprint density at radius 2 is 1.85 bits per heavy atom. The molecule has 102 valence electrons. The van der Waals surface area contributed by atoms with Gasteiger partial charge in [0.05, 0.1) is 16.1 Å². The molecule has 0 bridgehead atoms. The van der Waals surface area contributed by atoms with E-state index < -0.39 is 4.92 Å². The number of ether oxygens (including phenoxy) is 1. The van der Waals surface area contributed by atoms with E-state index in [0.29, 0.717) is 22.6 Å². The van der Waals surface area contributed by atoms with Crippen molar-refractivity contribution in [2.45, 2.75) is 6.92 Å². The van der Waals surface area contributed by atoms with E-state index in [-0.39, 0.29) is 11.5 Å². The minimum atomic E-state index is -0.459. The monoisotopic (exact) mass is 271 g/mol. The van der Waals surface area contributed by atoms with Crippen molar-refractivity contribution in [3.05, 3.63) is 63.7 Å². The van der Waals surface area contributed by atoms with Crippen LogP contribution in [0.2, 0.25) is 0 Å². The molecule has 0 saturated heterocycles. The molecule has 0 aliphatic rings. The van der Waals surface area contributed by atoms with Gasteiger partial charge in [0.15, 0.2) is 0 Å². The third-order valence-electron chi connectivity index (χ3n) is 2.85. The van der Waals surface area contributed by atoms with Gasteiger partial charge in [0.25, 0.3) is 5.69 Å². The van der Waals surface area contributed by atoms with Crippen LogP contribution in [0.15, 0.2) is 42.5 Å². The molecule has 0 aromatic heterocycles. The zero-order valence-corrected chi connectivity index (χ0v) is 10.8. The van der Waals surface area contributed by atoms with E-state index >= 15 is 0 Å². The summed E-state index contributed by atoms with van der Waals surface area (Å²) in [5, 5.41) is 18.4. The topological polar surface area (TPSA) is 102 Å². The quantitative estimate of drug-likeness (QED) is 0.386. The fourth-order valence-electron chi connectivity index (χ4n) is 1.81. The lowest BCUT2D eigenvalue weighted by Crippen LogP contribution is -2.12. The number of rotatable bonds is 4. The normalized spacial score (nSPS) is 10.1. The Balaban J connectivity index is 2.43. The first-order valence-electron chi connectivity index (χ1n) is 5.86. The molecule has 6 heteroatoms. The van der Waals surface area contributed by atoms with Crippen molar-refractivity contribution in [3.63, 3.8) is 0 Å². The van der Waals surface area contributed by atoms with Crippen molar-refractivity contribution >= 4 is 11.5 Å². The number of benzene rings is 2. The summed E-state index contributed by atoms with van der Waals surface area (Å²) in [6.07, 6.45) is 0. The number of nitrogens with two attached hydrogens (primary N) is 1. The molecule has 0 amide bonds. The second kappa shape index (κ2) is 5.40. The summed E-state index contributed by atoms with van der Waals surface area (Å²) < 4.78 is 5.67. The number of hydrogen-bond donors (Lipinski definition) is 2. The summed E-state index contributed by atoms with van der Waals surface area (Å²) in [6, 6.07) is 11.4. The smallest absolute Gasteiger partial charge is 0.276 e. The van der Waals surface area contributed by atoms with Gasteiger partial charge in [0.2, 0.25) is 0 Å². The lowest BCUT2D eigenvalue weighted by molar-refractivity contribution is -0.385. The van der Waals surface area contributed by atoms with Gasteiger partial charge in [-0.25, -0.2) is 0 Å². The van der Waals surface area contributed by atoms with E-state index in [9.17, 15) is 10.1 Å². The number of nitro benzene ring substituents is 1. The zero-order valence-electron chi connectivity index (χ0n) is 10.8. The Morgan fingerprint density at radius 3 is 2.50 bits per heavy atom. The van der Waals surface area contributed by atoms with E-state index in [0.717, 1.165) is 0 Å². The van der Waals surface area contributed by atoms with Crippen molar-refractivity contribution in [1.82, 2.24) is 0 Å². The Kier molecular flexibility index (Phi) is 3.65. The number of nitrogens with zero attached hydrogens (tertiary/aromatic N) is 1. The standard InChI is InChI=1S/C14H13N3O3/c1-9-11(17(18)19)6-4-8-12(9)20-13-7-3-2-5-10(13)14(15)16/h2-8H,1H3,(H3,15,16). The molecule has 20 heavy (non-hydrogen) atoms. The van der Waals surface area contributed by atoms with Gasteiger partial charge in [0, 0.05) is 6.07 Å². The van der Waals surface area contributed by atoms with Crippen LogP contribution in [0.25, 0.3) is 0 Å². The highest BCUT2D eigenvalue weighted by atomic mass is 16.6. The van der Waals surface area contributed by atoms with Gasteiger partial charge in [-0.2, -0.15) is 0 Å². The third kappa shape index (κ3) is 2.59. The number of para-hydroxylation sites is 1. The third-order valence-corrected chi connectivity index (χ3v) is 2.85. The van der Waals surface area contributed by atoms with Gasteiger partial charge in [-0.15, -0.1) is 0 Å². The molecule has 0 saturated carbocycles. The van der Waals surface area contributed by atoms with E-state index in [2.05, 4.69) is 0 Å². The van der Waals surface area contributed by atoms with E-state index in [4.69, 9.17) is 15.9 Å². The van der Waals surface area contributed by atoms with E-state index in [1.807, 2.05) is 0 Å². The van der Waals surface area contributed by atoms with Gasteiger partial charge in [-0.3, -0.25) is 15.5 Å². The minimum absolute atomic E-state index is 0.0113. The molecule has 0 aliphatic carbocycles. The number of amidine groups is 1. The van der Waals surface area contributed by atoms with Gasteiger partial charge >= 0.3 is 0 Å². The largest absolute Gasteiger partial charge is 0.456 e. The first-order valence-corrected chi connectivity index (χ1v) is 5.86. The molecule has 0 radical (unpaired) electrons. The molecule has 2 aromatic carbocycles. The number of nitro groups is 1. The van der Waals surface area contributed by atoms with Crippen molar-refractivity contribution in [3.8, 4) is 11.5 Å². The van der Waals surface area contributed by atoms with E-state index in [1.165, 1.54) is 6.07 Å². The second-order valence-corrected chi connectivity index (χ2v) is 4.17. The van der Waals surface area contributed by atoms with Crippen LogP contribution >= 0.6 is 0 Å². The van der Waals surface area contributed by atoms with Gasteiger partial charge in [-0.1, -0.05) is 18.2 Å². The van der Waals surface area contributed by atoms with Crippen molar-refractivity contribution in [1.29, 1.82) is 5.41 Å². The maximum atomic E-state index is 10.9. The molecule has 0 heterocycles. The number of nitrogen functional groups attached to an aromatic ring is 1. The van der Waals surface area contributed by atoms with Crippen LogP contribution in [-0.2, 0) is 0 Å². The Bertz CT molecular complexity index is 683. The average molecular weight is 271 g/mol. The van der Waals surface area contributed by atoms with Crippen LogP contribution in [0.3, 0.4) is 0 Å². The highest BCUT2D eigenvalue weighted by Crippen LogP contribution is 2.32. The molecule has 6 nitrogen and oxygen atoms in total. The minimum Gasteiger partial charge on any atom is -0.456 e. The fraction of sp³-hybridized carbons (Fsp3) is 0.0714. The predicted molar refractivity (Wildman–Crippen MR) is 75.4 cm³/mol. The average Bonchev–Trinajstić information content (AvgIpc) is 2.41. The highest BCUT2D eigenvalue weighted by molar-refractivity contribution is 5.97. The Labute approximate surface area is 115 Å². The molecule has 0 aliphatic heterocycles. The Morgan fingerprint density at radius 1 is 1.20 bits per heavy atom. The zero-order chi connectivity index (χ0) is 14.7. The van der Waals surface area contributed by atoms with Crippen LogP contribution in [0.4, 0.5) is 5.69 Å². The number of hydrogen-bond acceptors (Lipinski definition) is 4. The van der Waals surface area contributed by atoms with Gasteiger partial charge < -0.3 is 10.5 Å². The van der Waals surface area contributed by atoms with Crippen LogP contribution in [-0.4, -0.2) is 10.8 Å². The first-order chi connectivity index (χ1) is 9.50. The van der Waals surface area contributed by atoms with Crippen molar-refractivity contribution in [2.24, 2.45) is 5.73 Å². The van der Waals surface area contributed by atoms with Crippen LogP contribution in [0.5, 0.6) is 11.5 Å². The molecule has 0 unspecified atom stereocenters. The predicted octanol–water partition coefficient (Wildman–Crippen LogP) is 2.98. The molecule has 0 atom stereocenters. The maximum absolute atomic E-state index is 10.9. The van der Waals surface area contributed by atoms with Crippen molar-refractivity contribution < 1.29 is 9.66 Å². The van der Waals surface area contributed by atoms with Gasteiger partial charge in [-0.05, 0) is 25.1 Å². The summed E-state index contributed by atoms with van der Waals surface area (Å²) in [6.45, 7) is 1.61. The molecule has 2 rings (SSSR count). The first kappa shape index (κ1) is 13.5. The van der Waals surface area contributed by atoms with Crippen LogP contribution in [0, 0.1) is 22.4 Å². The highest BCUT2D eigenvalue weighted by Gasteiger charge is 2.16. The summed E-state index contributed by atoms with van der Waals surface area (Å²) in [4.78, 5) is 10.4. The lowest BCUT2D eigenvalue weighted by atomic mass is 10.1. The molecule has 2 aromatic rings. The molecule has 0 fully saturated rings. The van der Waals surface area contributed by atoms with Crippen molar-refractivity contribution in [2.75, 3.05) is 0 Å². The fourth-order valence-corrected chi connectivity index (χ4v) is 1.81. The van der Waals surface area contributed by atoms with Gasteiger partial charge in [0.1, 0.15) is 17.3 Å². The summed E-state index contributed by atoms with van der Waals surface area (Å²) in [5.74, 6) is 0.639. The molecular formula is C14H13N3O3. The lowest BCUT2D eigenvalue weighted by Gasteiger charge is -2.11. The van der Waals surface area contributed by atoms with Crippen LogP contribution < -0.4 is 10.5 Å². The summed E-state index contributed by atoms with van der Waals surface area (Å²) in [7, 11) is 0. The maximum Gasteiger partial charge on any atom is 0.276 e. The summed E-state index contributed by atoms with van der Waals surface area (Å²) in [5.41, 5.74) is 6.34. The second-order valence-electron chi connectivity index (χ2n) is 4.17. The summed E-state index contributed by atoms with van der Waals surface area (Å²) >= 11 is 0. The van der Waals surface area contributed by atoms with E-state index in [1.54, 1.807) is 43.3 Å².